The number of hydrogen-bond donors (Lipinski definition) is 3. The minimum Gasteiger partial charge on any atom is -0.462 e. The average Bonchev–Trinajstić information content (AvgIpc) is 1.48. The van der Waals surface area contributed by atoms with Crippen LogP contribution in [0.3, 0.4) is 0 Å². The van der Waals surface area contributed by atoms with E-state index in [0.29, 0.717) is 25.7 Å². The first-order valence-corrected chi connectivity index (χ1v) is 43.3. The monoisotopic (exact) mass is 1420 g/mol. The van der Waals surface area contributed by atoms with Gasteiger partial charge in [-0.1, -0.05) is 350 Å². The van der Waals surface area contributed by atoms with E-state index in [4.69, 9.17) is 37.0 Å². The van der Waals surface area contributed by atoms with E-state index < -0.39 is 97.5 Å². The number of hydrogen-bond acceptors (Lipinski definition) is 15. The van der Waals surface area contributed by atoms with Crippen molar-refractivity contribution in [3.63, 3.8) is 0 Å². The summed E-state index contributed by atoms with van der Waals surface area (Å²) in [6.45, 7) is 11.9. The quantitative estimate of drug-likeness (QED) is 0.0222. The van der Waals surface area contributed by atoms with E-state index in [-0.39, 0.29) is 25.7 Å². The Morgan fingerprint density at radius 3 is 0.701 bits per heavy atom. The maximum absolute atomic E-state index is 13.1. The minimum atomic E-state index is -4.96. The van der Waals surface area contributed by atoms with Crippen LogP contribution < -0.4 is 0 Å². The Hall–Kier alpha value is -1.94. The van der Waals surface area contributed by atoms with Crippen molar-refractivity contribution in [2.45, 2.75) is 420 Å². The number of phosphoric acid groups is 2. The molecule has 0 aliphatic rings. The molecule has 0 aromatic heterocycles. The highest BCUT2D eigenvalue weighted by molar-refractivity contribution is 7.47. The lowest BCUT2D eigenvalue weighted by Crippen LogP contribution is -2.30. The molecule has 0 aliphatic carbocycles. The van der Waals surface area contributed by atoms with Crippen LogP contribution in [0.5, 0.6) is 0 Å². The van der Waals surface area contributed by atoms with E-state index in [1.54, 1.807) is 0 Å². The maximum Gasteiger partial charge on any atom is 0.472 e. The molecule has 0 fully saturated rings. The predicted octanol–water partition coefficient (Wildman–Crippen LogP) is 23.0. The molecule has 0 heterocycles. The van der Waals surface area contributed by atoms with Crippen molar-refractivity contribution in [1.29, 1.82) is 0 Å². The molecule has 17 nitrogen and oxygen atoms in total. The van der Waals surface area contributed by atoms with Crippen LogP contribution in [0, 0.1) is 17.8 Å². The SMILES string of the molecule is CCCCCCCCCCCCCCCCCCCC(=O)O[C@H](COC(=O)CCCCCCCCCCCCCC(C)C)COP(=O)(O)OC[C@@H](O)COP(=O)(O)OC[C@@H](COC(=O)CCCCCCCCCCCC(C)C)OC(=O)CCCCCCCCCCCCCC(C)C. The lowest BCUT2D eigenvalue weighted by molar-refractivity contribution is -0.161. The molecule has 2 unspecified atom stereocenters. The molecule has 0 spiro atoms. The van der Waals surface area contributed by atoms with Crippen LogP contribution in [-0.2, 0) is 65.4 Å². The first-order valence-electron chi connectivity index (χ1n) is 40.3. The summed E-state index contributed by atoms with van der Waals surface area (Å²) in [7, 11) is -9.92. The molecule has 3 N–H and O–H groups in total. The number of ether oxygens (including phenoxy) is 4. The largest absolute Gasteiger partial charge is 0.472 e. The third-order valence-corrected chi connectivity index (χ3v) is 20.0. The van der Waals surface area contributed by atoms with Crippen molar-refractivity contribution in [3.8, 4) is 0 Å². The van der Waals surface area contributed by atoms with E-state index in [9.17, 15) is 43.2 Å². The minimum absolute atomic E-state index is 0.106. The molecule has 19 heteroatoms. The Bertz CT molecular complexity index is 1890. The third-order valence-electron chi connectivity index (χ3n) is 18.1. The lowest BCUT2D eigenvalue weighted by atomic mass is 10.0. The summed E-state index contributed by atoms with van der Waals surface area (Å²) in [6, 6.07) is 0. The zero-order valence-electron chi connectivity index (χ0n) is 63.5. The molecular formula is C78H152O17P2. The molecule has 0 amide bonds. The number of unbranched alkanes of at least 4 members (excludes halogenated alkanes) is 44. The number of aliphatic hydroxyl groups excluding tert-OH is 1. The van der Waals surface area contributed by atoms with Gasteiger partial charge in [0.1, 0.15) is 19.3 Å². The molecule has 576 valence electrons. The highest BCUT2D eigenvalue weighted by atomic mass is 31.2. The van der Waals surface area contributed by atoms with Crippen LogP contribution in [0.15, 0.2) is 0 Å². The van der Waals surface area contributed by atoms with Crippen molar-refractivity contribution in [1.82, 2.24) is 0 Å². The van der Waals surface area contributed by atoms with E-state index in [1.165, 1.54) is 212 Å². The highest BCUT2D eigenvalue weighted by Crippen LogP contribution is 2.45. The summed E-state index contributed by atoms with van der Waals surface area (Å²) in [5.74, 6) is 0.166. The fourth-order valence-corrected chi connectivity index (χ4v) is 13.5. The zero-order valence-corrected chi connectivity index (χ0v) is 65.3. The molecular weight excluding hydrogens is 1270 g/mol. The van der Waals surface area contributed by atoms with Crippen molar-refractivity contribution in [2.24, 2.45) is 17.8 Å². The van der Waals surface area contributed by atoms with Gasteiger partial charge in [-0.05, 0) is 43.4 Å². The molecule has 0 rings (SSSR count). The number of carbonyl (C=O) groups excluding carboxylic acids is 4. The molecule has 0 radical (unpaired) electrons. The van der Waals surface area contributed by atoms with Gasteiger partial charge in [0.2, 0.25) is 0 Å². The number of aliphatic hydroxyl groups is 1. The lowest BCUT2D eigenvalue weighted by Gasteiger charge is -2.21. The van der Waals surface area contributed by atoms with Gasteiger partial charge in [-0.25, -0.2) is 9.13 Å². The van der Waals surface area contributed by atoms with E-state index in [0.717, 1.165) is 108 Å². The fourth-order valence-electron chi connectivity index (χ4n) is 12.0. The van der Waals surface area contributed by atoms with Crippen molar-refractivity contribution >= 4 is 39.5 Å². The van der Waals surface area contributed by atoms with Gasteiger partial charge in [0, 0.05) is 25.7 Å². The first kappa shape index (κ1) is 95.1. The number of rotatable bonds is 76. The third kappa shape index (κ3) is 72.2. The highest BCUT2D eigenvalue weighted by Gasteiger charge is 2.30. The second-order valence-electron chi connectivity index (χ2n) is 29.5. The Morgan fingerprint density at radius 1 is 0.278 bits per heavy atom. The average molecular weight is 1420 g/mol. The summed E-state index contributed by atoms with van der Waals surface area (Å²) in [5.41, 5.74) is 0. The van der Waals surface area contributed by atoms with E-state index in [1.807, 2.05) is 0 Å². The predicted molar refractivity (Wildman–Crippen MR) is 395 cm³/mol. The van der Waals surface area contributed by atoms with Gasteiger partial charge < -0.3 is 33.8 Å². The van der Waals surface area contributed by atoms with Crippen LogP contribution in [-0.4, -0.2) is 96.7 Å². The zero-order chi connectivity index (χ0) is 71.6. The molecule has 0 aromatic rings. The number of carbonyl (C=O) groups is 4. The molecule has 97 heavy (non-hydrogen) atoms. The Kier molecular flexibility index (Phi) is 67.1. The van der Waals surface area contributed by atoms with Crippen LogP contribution in [0.4, 0.5) is 0 Å². The molecule has 0 aromatic carbocycles. The first-order chi connectivity index (χ1) is 46.7. The van der Waals surface area contributed by atoms with Gasteiger partial charge in [-0.3, -0.25) is 37.3 Å². The Labute approximate surface area is 594 Å². The molecule has 5 atom stereocenters. The summed E-state index contributed by atoms with van der Waals surface area (Å²) < 4.78 is 68.6. The topological polar surface area (TPSA) is 237 Å². The van der Waals surface area contributed by atoms with Crippen molar-refractivity contribution in [2.75, 3.05) is 39.6 Å². The number of esters is 4. The molecule has 0 saturated carbocycles. The van der Waals surface area contributed by atoms with Crippen LogP contribution in [0.1, 0.15) is 402 Å². The summed E-state index contributed by atoms with van der Waals surface area (Å²) in [6.07, 6.45) is 55.4. The van der Waals surface area contributed by atoms with Gasteiger partial charge in [-0.15, -0.1) is 0 Å². The molecule has 0 aliphatic heterocycles. The fraction of sp³-hybridized carbons (Fsp3) is 0.949. The van der Waals surface area contributed by atoms with Gasteiger partial charge in [0.05, 0.1) is 26.4 Å². The van der Waals surface area contributed by atoms with Crippen LogP contribution in [0.2, 0.25) is 0 Å². The van der Waals surface area contributed by atoms with Gasteiger partial charge in [0.25, 0.3) is 0 Å². The van der Waals surface area contributed by atoms with Crippen molar-refractivity contribution in [3.05, 3.63) is 0 Å². The van der Waals surface area contributed by atoms with E-state index >= 15 is 0 Å². The van der Waals surface area contributed by atoms with Gasteiger partial charge in [-0.2, -0.15) is 0 Å². The standard InChI is InChI=1S/C78H152O17P2/c1-8-9-10-11-12-13-14-15-16-17-18-19-24-32-40-47-54-61-77(82)94-73(65-88-75(80)59-52-45-38-31-25-20-22-28-35-42-49-56-69(2)3)67-92-96(84,85)90-63-72(79)64-91-97(86,87)93-68-74(66-89-76(81)60-53-46-39-34-27-30-37-44-51-58-71(6)7)95-78(83)62-55-48-41-33-26-21-23-29-36-43-50-57-70(4)5/h69-74,79H,8-68H2,1-7H3,(H,84,85)(H,86,87)/t72-,73-,74-/m1/s1. The summed E-state index contributed by atoms with van der Waals surface area (Å²) >= 11 is 0. The molecule has 0 saturated heterocycles. The number of phosphoric ester groups is 2. The van der Waals surface area contributed by atoms with Gasteiger partial charge >= 0.3 is 39.5 Å². The Morgan fingerprint density at radius 2 is 0.474 bits per heavy atom. The molecule has 0 bridgehead atoms. The van der Waals surface area contributed by atoms with Crippen LogP contribution >= 0.6 is 15.6 Å². The smallest absolute Gasteiger partial charge is 0.462 e. The van der Waals surface area contributed by atoms with E-state index in [2.05, 4.69) is 48.5 Å². The second kappa shape index (κ2) is 68.5. The second-order valence-corrected chi connectivity index (χ2v) is 32.4. The van der Waals surface area contributed by atoms with Gasteiger partial charge in [0.15, 0.2) is 12.2 Å². The summed E-state index contributed by atoms with van der Waals surface area (Å²) in [5, 5.41) is 10.6. The van der Waals surface area contributed by atoms with Crippen LogP contribution in [0.25, 0.3) is 0 Å². The van der Waals surface area contributed by atoms with Crippen molar-refractivity contribution < 1.29 is 80.2 Å². The maximum atomic E-state index is 13.1. The normalized spacial score (nSPS) is 14.0. The Balaban J connectivity index is 5.27. The summed E-state index contributed by atoms with van der Waals surface area (Å²) in [4.78, 5) is 72.9.